The highest BCUT2D eigenvalue weighted by Crippen LogP contribution is 2.14. The zero-order valence-electron chi connectivity index (χ0n) is 8.21. The highest BCUT2D eigenvalue weighted by molar-refractivity contribution is 7.80. The summed E-state index contributed by atoms with van der Waals surface area (Å²) in [6, 6.07) is 5.14. The van der Waals surface area contributed by atoms with Crippen LogP contribution in [0, 0.1) is 6.92 Å². The first-order valence-electron chi connectivity index (χ1n) is 4.33. The molecule has 1 rings (SSSR count). The lowest BCUT2D eigenvalue weighted by Crippen LogP contribution is -2.32. The lowest BCUT2D eigenvalue weighted by molar-refractivity contribution is 0.0959. The number of amides is 1. The average Bonchev–Trinajstić information content (AvgIpc) is 2.18. The van der Waals surface area contributed by atoms with E-state index in [1.165, 1.54) is 0 Å². The molecule has 0 fully saturated rings. The first-order valence-corrected chi connectivity index (χ1v) is 5.12. The van der Waals surface area contributed by atoms with Crippen LogP contribution in [0.25, 0.3) is 0 Å². The van der Waals surface area contributed by atoms with E-state index in [1.807, 2.05) is 6.92 Å². The summed E-state index contributed by atoms with van der Waals surface area (Å²) < 4.78 is 0. The van der Waals surface area contributed by atoms with Crippen molar-refractivity contribution in [3.63, 3.8) is 0 Å². The molecule has 0 radical (unpaired) electrons. The maximum Gasteiger partial charge on any atom is 0.251 e. The molecule has 0 bridgehead atoms. The van der Waals surface area contributed by atoms with Gasteiger partial charge in [0.15, 0.2) is 0 Å². The fourth-order valence-electron chi connectivity index (χ4n) is 1.10. The van der Waals surface area contributed by atoms with Crippen molar-refractivity contribution in [2.24, 2.45) is 5.73 Å². The number of nitrogens with one attached hydrogen (secondary N) is 1. The molecule has 0 aliphatic heterocycles. The molecular formula is C10H11ClN2OS. The Balaban J connectivity index is 2.81. The monoisotopic (exact) mass is 242 g/mol. The molecule has 0 spiro atoms. The minimum Gasteiger partial charge on any atom is -0.392 e. The Morgan fingerprint density at radius 2 is 2.27 bits per heavy atom. The Morgan fingerprint density at radius 1 is 1.60 bits per heavy atom. The van der Waals surface area contributed by atoms with Crippen molar-refractivity contribution in [2.45, 2.75) is 6.92 Å². The third-order valence-electron chi connectivity index (χ3n) is 1.87. The highest BCUT2D eigenvalue weighted by Gasteiger charge is 2.08. The van der Waals surface area contributed by atoms with Crippen LogP contribution in [0.4, 0.5) is 0 Å². The van der Waals surface area contributed by atoms with Crippen molar-refractivity contribution >= 4 is 34.7 Å². The molecule has 1 aromatic rings. The quantitative estimate of drug-likeness (QED) is 0.793. The van der Waals surface area contributed by atoms with Gasteiger partial charge in [-0.15, -0.1) is 0 Å². The van der Waals surface area contributed by atoms with Crippen LogP contribution < -0.4 is 11.1 Å². The minimum atomic E-state index is -0.220. The molecule has 0 heterocycles. The Bertz CT molecular complexity index is 406. The van der Waals surface area contributed by atoms with Crippen molar-refractivity contribution in [2.75, 3.05) is 6.54 Å². The third kappa shape index (κ3) is 3.49. The summed E-state index contributed by atoms with van der Waals surface area (Å²) in [5.41, 5.74) is 6.68. The molecule has 3 N–H and O–H groups in total. The Kier molecular flexibility index (Phi) is 4.05. The SMILES string of the molecule is Cc1ccc(Cl)cc1C(=O)NCC(N)=S. The second kappa shape index (κ2) is 5.09. The lowest BCUT2D eigenvalue weighted by atomic mass is 10.1. The molecular weight excluding hydrogens is 232 g/mol. The molecule has 5 heteroatoms. The molecule has 15 heavy (non-hydrogen) atoms. The number of thiocarbonyl (C=S) groups is 1. The number of rotatable bonds is 3. The van der Waals surface area contributed by atoms with Crippen molar-refractivity contribution in [3.05, 3.63) is 34.3 Å². The first-order chi connectivity index (χ1) is 7.00. The maximum absolute atomic E-state index is 11.6. The summed E-state index contributed by atoms with van der Waals surface area (Å²) in [6.45, 7) is 2.03. The summed E-state index contributed by atoms with van der Waals surface area (Å²) in [4.78, 5) is 11.9. The molecule has 0 atom stereocenters. The Labute approximate surface area is 98.6 Å². The highest BCUT2D eigenvalue weighted by atomic mass is 35.5. The molecule has 0 saturated heterocycles. The number of hydrogen-bond donors (Lipinski definition) is 2. The van der Waals surface area contributed by atoms with Crippen LogP contribution >= 0.6 is 23.8 Å². The summed E-state index contributed by atoms with van der Waals surface area (Å²) >= 11 is 10.5. The number of halogens is 1. The third-order valence-corrected chi connectivity index (χ3v) is 2.25. The van der Waals surface area contributed by atoms with Crippen LogP contribution in [-0.4, -0.2) is 17.4 Å². The molecule has 0 aliphatic rings. The molecule has 3 nitrogen and oxygen atoms in total. The predicted octanol–water partition coefficient (Wildman–Crippen LogP) is 1.66. The Morgan fingerprint density at radius 3 is 2.87 bits per heavy atom. The van der Waals surface area contributed by atoms with Gasteiger partial charge in [-0.05, 0) is 24.6 Å². The molecule has 1 amide bonds. The van der Waals surface area contributed by atoms with Gasteiger partial charge < -0.3 is 11.1 Å². The van der Waals surface area contributed by atoms with Crippen LogP contribution in [0.3, 0.4) is 0 Å². The van der Waals surface area contributed by atoms with Gasteiger partial charge in [0.05, 0.1) is 11.5 Å². The molecule has 0 aliphatic carbocycles. The van der Waals surface area contributed by atoms with Gasteiger partial charge in [-0.25, -0.2) is 0 Å². The average molecular weight is 243 g/mol. The fourth-order valence-corrected chi connectivity index (χ4v) is 1.35. The predicted molar refractivity (Wildman–Crippen MR) is 65.3 cm³/mol. The molecule has 0 aromatic heterocycles. The standard InChI is InChI=1S/C10H11ClN2OS/c1-6-2-3-7(11)4-8(6)10(14)13-5-9(12)15/h2-4H,5H2,1H3,(H2,12,15)(H,13,14). The smallest absolute Gasteiger partial charge is 0.251 e. The fraction of sp³-hybridized carbons (Fsp3) is 0.200. The van der Waals surface area contributed by atoms with E-state index in [-0.39, 0.29) is 17.4 Å². The number of carbonyl (C=O) groups excluding carboxylic acids is 1. The maximum atomic E-state index is 11.6. The number of nitrogens with two attached hydrogens (primary N) is 1. The number of benzene rings is 1. The summed E-state index contributed by atoms with van der Waals surface area (Å²) in [6.07, 6.45) is 0. The van der Waals surface area contributed by atoms with Gasteiger partial charge in [0.2, 0.25) is 0 Å². The van der Waals surface area contributed by atoms with Crippen molar-refractivity contribution in [3.8, 4) is 0 Å². The van der Waals surface area contributed by atoms with Crippen LogP contribution in [-0.2, 0) is 0 Å². The van der Waals surface area contributed by atoms with E-state index in [0.717, 1.165) is 5.56 Å². The van der Waals surface area contributed by atoms with E-state index in [0.29, 0.717) is 10.6 Å². The van der Waals surface area contributed by atoms with E-state index >= 15 is 0 Å². The number of carbonyl (C=O) groups is 1. The van der Waals surface area contributed by atoms with Gasteiger partial charge in [0.25, 0.3) is 5.91 Å². The molecule has 80 valence electrons. The van der Waals surface area contributed by atoms with Gasteiger partial charge in [-0.1, -0.05) is 29.9 Å². The molecule has 0 unspecified atom stereocenters. The topological polar surface area (TPSA) is 55.1 Å². The molecule has 0 saturated carbocycles. The van der Waals surface area contributed by atoms with Gasteiger partial charge in [-0.2, -0.15) is 0 Å². The molecule has 1 aromatic carbocycles. The van der Waals surface area contributed by atoms with Gasteiger partial charge in [-0.3, -0.25) is 4.79 Å². The van der Waals surface area contributed by atoms with E-state index in [2.05, 4.69) is 17.5 Å². The second-order valence-electron chi connectivity index (χ2n) is 3.11. The Hall–Kier alpha value is -1.13. The van der Waals surface area contributed by atoms with E-state index in [1.54, 1.807) is 18.2 Å². The van der Waals surface area contributed by atoms with E-state index < -0.39 is 0 Å². The van der Waals surface area contributed by atoms with E-state index in [4.69, 9.17) is 17.3 Å². The van der Waals surface area contributed by atoms with E-state index in [9.17, 15) is 4.79 Å². The van der Waals surface area contributed by atoms with Crippen molar-refractivity contribution < 1.29 is 4.79 Å². The summed E-state index contributed by atoms with van der Waals surface area (Å²) in [5, 5.41) is 3.13. The summed E-state index contributed by atoms with van der Waals surface area (Å²) in [5.74, 6) is -0.220. The summed E-state index contributed by atoms with van der Waals surface area (Å²) in [7, 11) is 0. The lowest BCUT2D eigenvalue weighted by Gasteiger charge is -2.07. The number of aryl methyl sites for hydroxylation is 1. The van der Waals surface area contributed by atoms with Crippen LogP contribution in [0.2, 0.25) is 5.02 Å². The van der Waals surface area contributed by atoms with Crippen LogP contribution in [0.15, 0.2) is 18.2 Å². The van der Waals surface area contributed by atoms with Crippen molar-refractivity contribution in [1.82, 2.24) is 5.32 Å². The van der Waals surface area contributed by atoms with Gasteiger partial charge in [0.1, 0.15) is 0 Å². The van der Waals surface area contributed by atoms with Crippen LogP contribution in [0.1, 0.15) is 15.9 Å². The zero-order chi connectivity index (χ0) is 11.4. The number of hydrogen-bond acceptors (Lipinski definition) is 2. The van der Waals surface area contributed by atoms with Gasteiger partial charge in [0, 0.05) is 10.6 Å². The van der Waals surface area contributed by atoms with Crippen molar-refractivity contribution in [1.29, 1.82) is 0 Å². The second-order valence-corrected chi connectivity index (χ2v) is 4.07. The first kappa shape index (κ1) is 11.9. The minimum absolute atomic E-state index is 0.195. The zero-order valence-corrected chi connectivity index (χ0v) is 9.78. The van der Waals surface area contributed by atoms with Crippen LogP contribution in [0.5, 0.6) is 0 Å². The van der Waals surface area contributed by atoms with Gasteiger partial charge >= 0.3 is 0 Å². The largest absolute Gasteiger partial charge is 0.392 e. The normalized spacial score (nSPS) is 9.73.